The molecule has 0 aliphatic heterocycles. The second kappa shape index (κ2) is 3.46. The highest BCUT2D eigenvalue weighted by Crippen LogP contribution is 2.25. The summed E-state index contributed by atoms with van der Waals surface area (Å²) in [5.74, 6) is 1.35. The molecule has 1 heterocycles. The van der Waals surface area contributed by atoms with E-state index >= 15 is 0 Å². The Hall–Kier alpha value is -1.71. The van der Waals surface area contributed by atoms with Crippen molar-refractivity contribution in [1.29, 1.82) is 0 Å². The molecule has 0 saturated carbocycles. The molecule has 80 valence electrons. The van der Waals surface area contributed by atoms with Gasteiger partial charge in [0.05, 0.1) is 18.1 Å². The number of hydrogen-bond acceptors (Lipinski definition) is 3. The third kappa shape index (κ3) is 1.52. The van der Waals surface area contributed by atoms with Crippen LogP contribution in [-0.4, -0.2) is 16.7 Å². The maximum absolute atomic E-state index is 5.86. The molecule has 4 nitrogen and oxygen atoms in total. The number of aromatic nitrogens is 2. The first-order chi connectivity index (χ1) is 7.13. The standard InChI is InChI=1S/C11H15N3O/c1-7(2)14-10-5-4-8(15-3)6-9(10)13-11(14)12/h4-7H,1-3H3,(H2,12,13). The molecule has 0 spiro atoms. The van der Waals surface area contributed by atoms with Gasteiger partial charge in [0, 0.05) is 12.1 Å². The molecule has 1 aromatic carbocycles. The maximum Gasteiger partial charge on any atom is 0.201 e. The molecule has 0 radical (unpaired) electrons. The molecule has 15 heavy (non-hydrogen) atoms. The quantitative estimate of drug-likeness (QED) is 0.817. The van der Waals surface area contributed by atoms with Gasteiger partial charge in [-0.3, -0.25) is 0 Å². The average Bonchev–Trinajstić information content (AvgIpc) is 2.52. The highest BCUT2D eigenvalue weighted by Gasteiger charge is 2.10. The Labute approximate surface area is 88.7 Å². The van der Waals surface area contributed by atoms with Crippen LogP contribution in [0.5, 0.6) is 5.75 Å². The molecular weight excluding hydrogens is 190 g/mol. The first kappa shape index (κ1) is 9.83. The Bertz CT molecular complexity index is 488. The molecule has 0 atom stereocenters. The minimum absolute atomic E-state index is 0.309. The van der Waals surface area contributed by atoms with Crippen LogP contribution in [0.15, 0.2) is 18.2 Å². The fraction of sp³-hybridized carbons (Fsp3) is 0.364. The number of nitrogen functional groups attached to an aromatic ring is 1. The van der Waals surface area contributed by atoms with Gasteiger partial charge in [-0.2, -0.15) is 0 Å². The molecule has 0 fully saturated rings. The molecule has 4 heteroatoms. The lowest BCUT2D eigenvalue weighted by atomic mass is 10.3. The number of anilines is 1. The van der Waals surface area contributed by atoms with E-state index in [1.165, 1.54) is 0 Å². The summed E-state index contributed by atoms with van der Waals surface area (Å²) in [6, 6.07) is 6.10. The van der Waals surface area contributed by atoms with E-state index in [1.54, 1.807) is 7.11 Å². The Balaban J connectivity index is 2.68. The molecule has 2 aromatic rings. The van der Waals surface area contributed by atoms with Crippen LogP contribution in [0.2, 0.25) is 0 Å². The molecule has 1 aromatic heterocycles. The average molecular weight is 205 g/mol. The van der Waals surface area contributed by atoms with Crippen LogP contribution in [0.1, 0.15) is 19.9 Å². The van der Waals surface area contributed by atoms with Crippen molar-refractivity contribution in [3.8, 4) is 5.75 Å². The van der Waals surface area contributed by atoms with Crippen LogP contribution in [0, 0.1) is 0 Å². The van der Waals surface area contributed by atoms with Crippen LogP contribution in [-0.2, 0) is 0 Å². The van der Waals surface area contributed by atoms with Crippen molar-refractivity contribution in [2.45, 2.75) is 19.9 Å². The second-order valence-corrected chi connectivity index (χ2v) is 3.79. The lowest BCUT2D eigenvalue weighted by Crippen LogP contribution is -2.05. The third-order valence-electron chi connectivity index (χ3n) is 2.44. The smallest absolute Gasteiger partial charge is 0.201 e. The van der Waals surface area contributed by atoms with E-state index in [2.05, 4.69) is 18.8 Å². The monoisotopic (exact) mass is 205 g/mol. The predicted octanol–water partition coefficient (Wildman–Crippen LogP) is 2.21. The fourth-order valence-electron chi connectivity index (χ4n) is 1.77. The summed E-state index contributed by atoms with van der Waals surface area (Å²) in [5.41, 5.74) is 7.78. The van der Waals surface area contributed by atoms with E-state index in [1.807, 2.05) is 22.8 Å². The first-order valence-electron chi connectivity index (χ1n) is 4.95. The lowest BCUT2D eigenvalue weighted by Gasteiger charge is -2.09. The normalized spacial score (nSPS) is 11.2. The highest BCUT2D eigenvalue weighted by atomic mass is 16.5. The van der Waals surface area contributed by atoms with Crippen molar-refractivity contribution < 1.29 is 4.74 Å². The van der Waals surface area contributed by atoms with Crippen LogP contribution >= 0.6 is 0 Å². The van der Waals surface area contributed by atoms with E-state index in [9.17, 15) is 0 Å². The third-order valence-corrected chi connectivity index (χ3v) is 2.44. The minimum atomic E-state index is 0.309. The second-order valence-electron chi connectivity index (χ2n) is 3.79. The minimum Gasteiger partial charge on any atom is -0.497 e. The number of benzene rings is 1. The van der Waals surface area contributed by atoms with Gasteiger partial charge in [-0.15, -0.1) is 0 Å². The van der Waals surface area contributed by atoms with Gasteiger partial charge in [-0.1, -0.05) is 0 Å². The molecule has 0 amide bonds. The van der Waals surface area contributed by atoms with Crippen LogP contribution in [0.4, 0.5) is 5.95 Å². The van der Waals surface area contributed by atoms with E-state index in [-0.39, 0.29) is 0 Å². The fourth-order valence-corrected chi connectivity index (χ4v) is 1.77. The largest absolute Gasteiger partial charge is 0.497 e. The summed E-state index contributed by atoms with van der Waals surface area (Å²) < 4.78 is 7.15. The molecule has 0 aliphatic rings. The van der Waals surface area contributed by atoms with Crippen molar-refractivity contribution in [2.75, 3.05) is 12.8 Å². The van der Waals surface area contributed by atoms with E-state index in [0.717, 1.165) is 16.8 Å². The number of nitrogens with zero attached hydrogens (tertiary/aromatic N) is 2. The topological polar surface area (TPSA) is 53.1 Å². The number of imidazole rings is 1. The van der Waals surface area contributed by atoms with E-state index in [0.29, 0.717) is 12.0 Å². The summed E-state index contributed by atoms with van der Waals surface area (Å²) in [4.78, 5) is 4.30. The van der Waals surface area contributed by atoms with E-state index in [4.69, 9.17) is 10.5 Å². The van der Waals surface area contributed by atoms with Crippen molar-refractivity contribution in [1.82, 2.24) is 9.55 Å². The highest BCUT2D eigenvalue weighted by molar-refractivity contribution is 5.80. The Morgan fingerprint density at radius 3 is 2.73 bits per heavy atom. The summed E-state index contributed by atoms with van der Waals surface area (Å²) in [6.45, 7) is 4.17. The first-order valence-corrected chi connectivity index (χ1v) is 4.95. The van der Waals surface area contributed by atoms with Gasteiger partial charge < -0.3 is 15.0 Å². The zero-order valence-corrected chi connectivity index (χ0v) is 9.19. The molecular formula is C11H15N3O. The van der Waals surface area contributed by atoms with Crippen molar-refractivity contribution in [3.05, 3.63) is 18.2 Å². The molecule has 0 unspecified atom stereocenters. The van der Waals surface area contributed by atoms with Gasteiger partial charge in [0.15, 0.2) is 0 Å². The van der Waals surface area contributed by atoms with Crippen LogP contribution in [0.3, 0.4) is 0 Å². The van der Waals surface area contributed by atoms with Gasteiger partial charge >= 0.3 is 0 Å². The number of rotatable bonds is 2. The number of hydrogen-bond donors (Lipinski definition) is 1. The summed E-state index contributed by atoms with van der Waals surface area (Å²) >= 11 is 0. The summed E-state index contributed by atoms with van der Waals surface area (Å²) in [7, 11) is 1.64. The van der Waals surface area contributed by atoms with Crippen molar-refractivity contribution >= 4 is 17.0 Å². The molecule has 0 bridgehead atoms. The van der Waals surface area contributed by atoms with Crippen LogP contribution in [0.25, 0.3) is 11.0 Å². The Morgan fingerprint density at radius 2 is 2.13 bits per heavy atom. The van der Waals surface area contributed by atoms with Gasteiger partial charge in [0.1, 0.15) is 5.75 Å². The summed E-state index contributed by atoms with van der Waals surface area (Å²) in [6.07, 6.45) is 0. The van der Waals surface area contributed by atoms with Gasteiger partial charge in [0.25, 0.3) is 0 Å². The van der Waals surface area contributed by atoms with Gasteiger partial charge in [-0.05, 0) is 26.0 Å². The van der Waals surface area contributed by atoms with Gasteiger partial charge in [0.2, 0.25) is 5.95 Å². The predicted molar refractivity (Wildman–Crippen MR) is 61.1 cm³/mol. The van der Waals surface area contributed by atoms with Crippen molar-refractivity contribution in [2.24, 2.45) is 0 Å². The molecule has 0 saturated heterocycles. The number of ether oxygens (including phenoxy) is 1. The van der Waals surface area contributed by atoms with Crippen molar-refractivity contribution in [3.63, 3.8) is 0 Å². The van der Waals surface area contributed by atoms with Crippen LogP contribution < -0.4 is 10.5 Å². The van der Waals surface area contributed by atoms with E-state index < -0.39 is 0 Å². The molecule has 2 N–H and O–H groups in total. The van der Waals surface area contributed by atoms with Gasteiger partial charge in [-0.25, -0.2) is 4.98 Å². The SMILES string of the molecule is COc1ccc2c(c1)nc(N)n2C(C)C. The molecule has 0 aliphatic carbocycles. The number of methoxy groups -OCH3 is 1. The Kier molecular flexibility index (Phi) is 2.26. The Morgan fingerprint density at radius 1 is 1.40 bits per heavy atom. The zero-order valence-electron chi connectivity index (χ0n) is 9.19. The maximum atomic E-state index is 5.86. The number of nitrogens with two attached hydrogens (primary N) is 1. The molecule has 2 rings (SSSR count). The zero-order chi connectivity index (χ0) is 11.0. The lowest BCUT2D eigenvalue weighted by molar-refractivity contribution is 0.415. The number of fused-ring (bicyclic) bond motifs is 1. The summed E-state index contributed by atoms with van der Waals surface area (Å²) in [5, 5.41) is 0.